The van der Waals surface area contributed by atoms with Gasteiger partial charge in [-0.1, -0.05) is 46.2 Å². The Morgan fingerprint density at radius 2 is 2.00 bits per heavy atom. The van der Waals surface area contributed by atoms with Crippen LogP contribution in [0.5, 0.6) is 0 Å². The van der Waals surface area contributed by atoms with Crippen molar-refractivity contribution >= 4 is 11.1 Å². The maximum absolute atomic E-state index is 5.53. The third-order valence-corrected chi connectivity index (χ3v) is 2.89. The van der Waals surface area contributed by atoms with E-state index in [1.165, 1.54) is 11.1 Å². The van der Waals surface area contributed by atoms with Gasteiger partial charge in [-0.2, -0.15) is 0 Å². The largest absolute Gasteiger partial charge is 0.443 e. The predicted octanol–water partition coefficient (Wildman–Crippen LogP) is 4.08. The van der Waals surface area contributed by atoms with Gasteiger partial charge in [0, 0.05) is 0 Å². The van der Waals surface area contributed by atoms with E-state index in [9.17, 15) is 0 Å². The molecule has 2 nitrogen and oxygen atoms in total. The predicted molar refractivity (Wildman–Crippen MR) is 66.7 cm³/mol. The Kier molecular flexibility index (Phi) is 2.75. The molecule has 0 aliphatic carbocycles. The molecule has 1 heterocycles. The molecule has 2 aromatic rings. The van der Waals surface area contributed by atoms with Crippen molar-refractivity contribution in [3.05, 3.63) is 29.7 Å². The average molecular weight is 217 g/mol. The number of rotatable bonds is 2. The zero-order valence-corrected chi connectivity index (χ0v) is 10.5. The van der Waals surface area contributed by atoms with Crippen LogP contribution in [-0.4, -0.2) is 4.98 Å². The number of hydrogen-bond acceptors (Lipinski definition) is 2. The number of aryl methyl sites for hydroxylation is 1. The minimum atomic E-state index is 0.111. The zero-order chi connectivity index (χ0) is 11.8. The Labute approximate surface area is 96.7 Å². The molecule has 2 rings (SSSR count). The maximum Gasteiger partial charge on any atom is 0.182 e. The molecule has 0 aliphatic rings. The van der Waals surface area contributed by atoms with E-state index in [4.69, 9.17) is 4.42 Å². The van der Waals surface area contributed by atoms with Crippen molar-refractivity contribution < 1.29 is 4.42 Å². The van der Waals surface area contributed by atoms with Crippen molar-refractivity contribution in [2.24, 2.45) is 0 Å². The van der Waals surface area contributed by atoms with E-state index in [0.717, 1.165) is 23.9 Å². The number of fused-ring (bicyclic) bond motifs is 1. The lowest BCUT2D eigenvalue weighted by Gasteiger charge is -2.19. The quantitative estimate of drug-likeness (QED) is 0.757. The summed E-state index contributed by atoms with van der Waals surface area (Å²) >= 11 is 0. The monoisotopic (exact) mass is 217 g/mol. The maximum atomic E-state index is 5.53. The third-order valence-electron chi connectivity index (χ3n) is 2.89. The Bertz CT molecular complexity index is 491. The molecule has 0 saturated carbocycles. The molecule has 16 heavy (non-hydrogen) atoms. The molecule has 0 bridgehead atoms. The Morgan fingerprint density at radius 1 is 1.25 bits per heavy atom. The lowest BCUT2D eigenvalue weighted by Crippen LogP contribution is -2.12. The molecule has 0 spiro atoms. The van der Waals surface area contributed by atoms with Crippen molar-refractivity contribution in [1.29, 1.82) is 0 Å². The first-order chi connectivity index (χ1) is 7.54. The molecule has 0 radical (unpaired) electrons. The van der Waals surface area contributed by atoms with Gasteiger partial charge in [-0.3, -0.25) is 0 Å². The molecule has 0 fully saturated rings. The normalized spacial score (nSPS) is 12.2. The topological polar surface area (TPSA) is 26.0 Å². The Balaban J connectivity index is 2.64. The fourth-order valence-electron chi connectivity index (χ4n) is 2.08. The minimum absolute atomic E-state index is 0.111. The van der Waals surface area contributed by atoms with Crippen molar-refractivity contribution in [3.8, 4) is 0 Å². The molecule has 1 aromatic carbocycles. The first-order valence-corrected chi connectivity index (χ1v) is 5.89. The van der Waals surface area contributed by atoms with Gasteiger partial charge >= 0.3 is 0 Å². The standard InChI is InChI=1S/C14H19NO/c1-5-6-10-7-8-11(14(2,3)4)12-13(10)16-9-15-12/h7-9H,5-6H2,1-4H3. The van der Waals surface area contributed by atoms with E-state index in [-0.39, 0.29) is 5.41 Å². The second-order valence-electron chi connectivity index (χ2n) is 5.30. The fraction of sp³-hybridized carbons (Fsp3) is 0.500. The van der Waals surface area contributed by atoms with E-state index in [1.807, 2.05) is 0 Å². The summed E-state index contributed by atoms with van der Waals surface area (Å²) in [5.74, 6) is 0. The molecule has 0 saturated heterocycles. The first-order valence-electron chi connectivity index (χ1n) is 5.89. The van der Waals surface area contributed by atoms with Crippen LogP contribution >= 0.6 is 0 Å². The van der Waals surface area contributed by atoms with Gasteiger partial charge in [0.1, 0.15) is 5.52 Å². The summed E-state index contributed by atoms with van der Waals surface area (Å²) < 4.78 is 5.53. The fourth-order valence-corrected chi connectivity index (χ4v) is 2.08. The van der Waals surface area contributed by atoms with Gasteiger partial charge < -0.3 is 4.42 Å². The number of oxazole rings is 1. The molecule has 0 unspecified atom stereocenters. The second kappa shape index (κ2) is 3.93. The van der Waals surface area contributed by atoms with Crippen LogP contribution in [-0.2, 0) is 11.8 Å². The summed E-state index contributed by atoms with van der Waals surface area (Å²) in [7, 11) is 0. The lowest BCUT2D eigenvalue weighted by atomic mass is 9.85. The summed E-state index contributed by atoms with van der Waals surface area (Å²) in [5, 5.41) is 0. The molecule has 0 atom stereocenters. The van der Waals surface area contributed by atoms with Crippen molar-refractivity contribution in [2.45, 2.75) is 46.0 Å². The molecular weight excluding hydrogens is 198 g/mol. The van der Waals surface area contributed by atoms with E-state index in [0.29, 0.717) is 0 Å². The lowest BCUT2D eigenvalue weighted by molar-refractivity contribution is 0.589. The second-order valence-corrected chi connectivity index (χ2v) is 5.30. The van der Waals surface area contributed by atoms with E-state index >= 15 is 0 Å². The smallest absolute Gasteiger partial charge is 0.182 e. The van der Waals surface area contributed by atoms with E-state index < -0.39 is 0 Å². The molecule has 2 heteroatoms. The molecule has 86 valence electrons. The van der Waals surface area contributed by atoms with Gasteiger partial charge in [-0.15, -0.1) is 0 Å². The minimum Gasteiger partial charge on any atom is -0.443 e. The summed E-state index contributed by atoms with van der Waals surface area (Å²) in [5.41, 5.74) is 4.63. The van der Waals surface area contributed by atoms with Crippen LogP contribution < -0.4 is 0 Å². The SMILES string of the molecule is CCCc1ccc(C(C)(C)C)c2ncoc12. The molecule has 0 aliphatic heterocycles. The molecular formula is C14H19NO. The van der Waals surface area contributed by atoms with Gasteiger partial charge in [0.25, 0.3) is 0 Å². The van der Waals surface area contributed by atoms with Gasteiger partial charge in [0.05, 0.1) is 0 Å². The average Bonchev–Trinajstić information content (AvgIpc) is 2.65. The van der Waals surface area contributed by atoms with Gasteiger partial charge in [0.2, 0.25) is 0 Å². The highest BCUT2D eigenvalue weighted by molar-refractivity contribution is 5.80. The number of aromatic nitrogens is 1. The van der Waals surface area contributed by atoms with Crippen LogP contribution in [0.15, 0.2) is 22.9 Å². The third kappa shape index (κ3) is 1.84. The van der Waals surface area contributed by atoms with Crippen LogP contribution in [0, 0.1) is 0 Å². The molecule has 0 N–H and O–H groups in total. The van der Waals surface area contributed by atoms with Crippen molar-refractivity contribution in [3.63, 3.8) is 0 Å². The highest BCUT2D eigenvalue weighted by Crippen LogP contribution is 2.31. The van der Waals surface area contributed by atoms with Crippen LogP contribution in [0.25, 0.3) is 11.1 Å². The van der Waals surface area contributed by atoms with Crippen molar-refractivity contribution in [2.75, 3.05) is 0 Å². The van der Waals surface area contributed by atoms with Crippen molar-refractivity contribution in [1.82, 2.24) is 4.98 Å². The highest BCUT2D eigenvalue weighted by atomic mass is 16.3. The molecule has 1 aromatic heterocycles. The number of benzene rings is 1. The van der Waals surface area contributed by atoms with Crippen LogP contribution in [0.3, 0.4) is 0 Å². The van der Waals surface area contributed by atoms with Crippen LogP contribution in [0.1, 0.15) is 45.2 Å². The summed E-state index contributed by atoms with van der Waals surface area (Å²) in [6.07, 6.45) is 3.74. The number of nitrogens with zero attached hydrogens (tertiary/aromatic N) is 1. The van der Waals surface area contributed by atoms with Crippen LogP contribution in [0.4, 0.5) is 0 Å². The van der Waals surface area contributed by atoms with E-state index in [1.54, 1.807) is 6.39 Å². The van der Waals surface area contributed by atoms with Crippen LogP contribution in [0.2, 0.25) is 0 Å². The van der Waals surface area contributed by atoms with Gasteiger partial charge in [-0.25, -0.2) is 4.98 Å². The van der Waals surface area contributed by atoms with Gasteiger partial charge in [0.15, 0.2) is 12.0 Å². The molecule has 0 amide bonds. The van der Waals surface area contributed by atoms with Gasteiger partial charge in [-0.05, 0) is 23.0 Å². The summed E-state index contributed by atoms with van der Waals surface area (Å²) in [6.45, 7) is 8.79. The Hall–Kier alpha value is -1.31. The summed E-state index contributed by atoms with van der Waals surface area (Å²) in [4.78, 5) is 4.36. The highest BCUT2D eigenvalue weighted by Gasteiger charge is 2.20. The Morgan fingerprint density at radius 3 is 2.62 bits per heavy atom. The first kappa shape index (κ1) is 11.2. The van der Waals surface area contributed by atoms with E-state index in [2.05, 4.69) is 44.8 Å². The number of hydrogen-bond donors (Lipinski definition) is 0. The zero-order valence-electron chi connectivity index (χ0n) is 10.5. The summed E-state index contributed by atoms with van der Waals surface area (Å²) in [6, 6.07) is 4.37.